The largest absolute Gasteiger partial charge is 0.296 e. The van der Waals surface area contributed by atoms with E-state index in [0.717, 1.165) is 32.4 Å². The molecule has 0 amide bonds. The Hall–Kier alpha value is -1.00. The van der Waals surface area contributed by atoms with Gasteiger partial charge in [0.1, 0.15) is 0 Å². The molecule has 0 aliphatic carbocycles. The van der Waals surface area contributed by atoms with Crippen LogP contribution in [0.25, 0.3) is 0 Å². The normalized spacial score (nSPS) is 23.4. The van der Waals surface area contributed by atoms with Gasteiger partial charge in [0.15, 0.2) is 0 Å². The highest BCUT2D eigenvalue weighted by Crippen LogP contribution is 2.38. The molecule has 1 saturated heterocycles. The highest BCUT2D eigenvalue weighted by Gasteiger charge is 2.38. The fourth-order valence-electron chi connectivity index (χ4n) is 4.33. The van der Waals surface area contributed by atoms with Gasteiger partial charge < -0.3 is 0 Å². The van der Waals surface area contributed by atoms with Crippen molar-refractivity contribution in [2.75, 3.05) is 37.7 Å². The summed E-state index contributed by atoms with van der Waals surface area (Å²) in [5.41, 5.74) is 2.66. The van der Waals surface area contributed by atoms with E-state index in [1.165, 1.54) is 11.1 Å². The summed E-state index contributed by atoms with van der Waals surface area (Å²) in [5, 5.41) is 0. The van der Waals surface area contributed by atoms with Crippen molar-refractivity contribution < 1.29 is 16.8 Å². The van der Waals surface area contributed by atoms with Crippen LogP contribution in [-0.2, 0) is 26.5 Å². The van der Waals surface area contributed by atoms with Gasteiger partial charge in [-0.15, -0.1) is 0 Å². The first-order valence-electron chi connectivity index (χ1n) is 10.1. The third kappa shape index (κ3) is 4.76. The molecule has 0 spiro atoms. The van der Waals surface area contributed by atoms with Gasteiger partial charge in [-0.25, -0.2) is 21.6 Å². The van der Waals surface area contributed by atoms with Crippen LogP contribution in [0.3, 0.4) is 0 Å². The van der Waals surface area contributed by atoms with Crippen LogP contribution in [0.2, 0.25) is 0 Å². The van der Waals surface area contributed by atoms with Crippen molar-refractivity contribution in [2.24, 2.45) is 0 Å². The van der Waals surface area contributed by atoms with Crippen LogP contribution in [0.15, 0.2) is 24.3 Å². The van der Waals surface area contributed by atoms with Gasteiger partial charge in [-0.2, -0.15) is 4.31 Å². The van der Waals surface area contributed by atoms with Gasteiger partial charge in [-0.3, -0.25) is 4.90 Å². The summed E-state index contributed by atoms with van der Waals surface area (Å²) in [6.45, 7) is 5.36. The second-order valence-corrected chi connectivity index (χ2v) is 11.8. The molecule has 1 aromatic rings. The smallest absolute Gasteiger partial charge is 0.214 e. The lowest BCUT2D eigenvalue weighted by Gasteiger charge is -2.46. The molecule has 7 nitrogen and oxygen atoms in total. The van der Waals surface area contributed by atoms with E-state index < -0.39 is 20.0 Å². The number of hydrogen-bond acceptors (Lipinski definition) is 5. The molecular weight excluding hydrogens is 398 g/mol. The minimum absolute atomic E-state index is 0.00915. The molecule has 0 bridgehead atoms. The van der Waals surface area contributed by atoms with E-state index in [9.17, 15) is 16.8 Å². The van der Waals surface area contributed by atoms with Crippen molar-refractivity contribution in [1.29, 1.82) is 0 Å². The number of rotatable bonds is 8. The number of nitrogens with one attached hydrogen (secondary N) is 1. The molecule has 9 heteroatoms. The predicted molar refractivity (Wildman–Crippen MR) is 111 cm³/mol. The zero-order valence-corrected chi connectivity index (χ0v) is 18.3. The zero-order valence-electron chi connectivity index (χ0n) is 16.7. The summed E-state index contributed by atoms with van der Waals surface area (Å²) in [6.07, 6.45) is 2.56. The van der Waals surface area contributed by atoms with Crippen LogP contribution in [0.4, 0.5) is 0 Å². The molecule has 2 aliphatic heterocycles. The Morgan fingerprint density at radius 1 is 1.11 bits per heavy atom. The minimum Gasteiger partial charge on any atom is -0.296 e. The van der Waals surface area contributed by atoms with E-state index in [1.54, 1.807) is 18.2 Å². The maximum Gasteiger partial charge on any atom is 0.214 e. The van der Waals surface area contributed by atoms with Crippen molar-refractivity contribution in [3.8, 4) is 0 Å². The molecule has 2 atom stereocenters. The highest BCUT2D eigenvalue weighted by molar-refractivity contribution is 7.89. The molecular formula is C19H31N3O4S2. The van der Waals surface area contributed by atoms with Gasteiger partial charge >= 0.3 is 0 Å². The van der Waals surface area contributed by atoms with E-state index in [2.05, 4.69) is 27.8 Å². The Bertz CT molecular complexity index is 886. The molecule has 3 rings (SSSR count). The average molecular weight is 430 g/mol. The van der Waals surface area contributed by atoms with Crippen molar-refractivity contribution >= 4 is 20.0 Å². The van der Waals surface area contributed by atoms with Crippen LogP contribution in [-0.4, -0.2) is 69.8 Å². The molecule has 1 N–H and O–H groups in total. The van der Waals surface area contributed by atoms with Crippen molar-refractivity contribution in [2.45, 2.75) is 45.2 Å². The first-order valence-corrected chi connectivity index (χ1v) is 13.3. The van der Waals surface area contributed by atoms with Crippen LogP contribution >= 0.6 is 0 Å². The fourth-order valence-corrected chi connectivity index (χ4v) is 6.28. The van der Waals surface area contributed by atoms with E-state index >= 15 is 0 Å². The molecule has 2 heterocycles. The second-order valence-electron chi connectivity index (χ2n) is 7.49. The van der Waals surface area contributed by atoms with Gasteiger partial charge in [-0.05, 0) is 44.2 Å². The van der Waals surface area contributed by atoms with Crippen LogP contribution in [0.1, 0.15) is 43.9 Å². The van der Waals surface area contributed by atoms with Crippen molar-refractivity contribution in [1.82, 2.24) is 13.9 Å². The predicted octanol–water partition coefficient (Wildman–Crippen LogP) is 1.34. The summed E-state index contributed by atoms with van der Waals surface area (Å²) in [4.78, 5) is 2.45. The highest BCUT2D eigenvalue weighted by atomic mass is 32.2. The third-order valence-electron chi connectivity index (χ3n) is 5.93. The summed E-state index contributed by atoms with van der Waals surface area (Å²) in [7, 11) is -6.76. The SMILES string of the molecule is CCS(=O)(=O)NCCN([C@@H]1CCN2CCc3ccccc3[C@@H]2C1)S(=O)(=O)CC. The maximum absolute atomic E-state index is 12.8. The Labute approximate surface area is 169 Å². The van der Waals surface area contributed by atoms with Crippen LogP contribution in [0, 0.1) is 0 Å². The summed E-state index contributed by atoms with van der Waals surface area (Å²) in [6, 6.07) is 8.54. The van der Waals surface area contributed by atoms with Crippen molar-refractivity contribution in [3.05, 3.63) is 35.4 Å². The molecule has 0 unspecified atom stereocenters. The molecule has 2 aliphatic rings. The lowest BCUT2D eigenvalue weighted by Crippen LogP contribution is -2.52. The summed E-state index contributed by atoms with van der Waals surface area (Å²) < 4.78 is 53.0. The summed E-state index contributed by atoms with van der Waals surface area (Å²) >= 11 is 0. The van der Waals surface area contributed by atoms with Gasteiger partial charge in [0.25, 0.3) is 0 Å². The van der Waals surface area contributed by atoms with E-state index in [0.29, 0.717) is 0 Å². The number of piperidine rings is 1. The molecule has 0 radical (unpaired) electrons. The average Bonchev–Trinajstić information content (AvgIpc) is 2.70. The molecule has 158 valence electrons. The minimum atomic E-state index is -3.42. The lowest BCUT2D eigenvalue weighted by atomic mass is 9.85. The third-order valence-corrected chi connectivity index (χ3v) is 9.26. The van der Waals surface area contributed by atoms with Gasteiger partial charge in [0.05, 0.1) is 11.5 Å². The lowest BCUT2D eigenvalue weighted by molar-refractivity contribution is 0.0911. The van der Waals surface area contributed by atoms with E-state index in [1.807, 2.05) is 6.07 Å². The number of sulfonamides is 2. The van der Waals surface area contributed by atoms with Gasteiger partial charge in [-0.1, -0.05) is 24.3 Å². The first-order chi connectivity index (χ1) is 13.3. The van der Waals surface area contributed by atoms with Gasteiger partial charge in [0, 0.05) is 38.3 Å². The number of fused-ring (bicyclic) bond motifs is 3. The zero-order chi connectivity index (χ0) is 20.4. The monoisotopic (exact) mass is 429 g/mol. The molecule has 0 aromatic heterocycles. The van der Waals surface area contributed by atoms with Gasteiger partial charge in [0.2, 0.25) is 20.0 Å². The Morgan fingerprint density at radius 2 is 1.86 bits per heavy atom. The Kier molecular flexibility index (Phi) is 6.81. The number of benzene rings is 1. The maximum atomic E-state index is 12.8. The van der Waals surface area contributed by atoms with Crippen molar-refractivity contribution in [3.63, 3.8) is 0 Å². The van der Waals surface area contributed by atoms with Crippen LogP contribution in [0.5, 0.6) is 0 Å². The topological polar surface area (TPSA) is 86.8 Å². The standard InChI is InChI=1S/C19H31N3O4S2/c1-3-27(23,24)20-11-14-22(28(25,26)4-2)17-10-13-21-12-9-16-7-5-6-8-18(16)19(21)15-17/h5-8,17,19-20H,3-4,9-15H2,1-2H3/t17-,19+/m1/s1. The molecule has 28 heavy (non-hydrogen) atoms. The first kappa shape index (κ1) is 21.7. The fraction of sp³-hybridized carbons (Fsp3) is 0.684. The van der Waals surface area contributed by atoms with E-state index in [-0.39, 0.29) is 36.7 Å². The quantitative estimate of drug-likeness (QED) is 0.674. The molecule has 1 fully saturated rings. The Balaban J connectivity index is 1.78. The second kappa shape index (κ2) is 8.79. The number of hydrogen-bond donors (Lipinski definition) is 1. The van der Waals surface area contributed by atoms with Crippen LogP contribution < -0.4 is 4.72 Å². The molecule has 1 aromatic carbocycles. The number of nitrogens with zero attached hydrogens (tertiary/aromatic N) is 2. The Morgan fingerprint density at radius 3 is 2.57 bits per heavy atom. The molecule has 0 saturated carbocycles. The van der Waals surface area contributed by atoms with E-state index in [4.69, 9.17) is 0 Å². The summed E-state index contributed by atoms with van der Waals surface area (Å²) in [5.74, 6) is 0.0137.